The van der Waals surface area contributed by atoms with Crippen LogP contribution in [0.5, 0.6) is 0 Å². The number of rotatable bonds is 4. The second-order valence-electron chi connectivity index (χ2n) is 6.37. The Balaban J connectivity index is 2.64. The van der Waals surface area contributed by atoms with Crippen LogP contribution in [-0.2, 0) is 39.5 Å². The first kappa shape index (κ1) is 22.4. The Bertz CT molecular complexity index is 1410. The third-order valence-corrected chi connectivity index (χ3v) is 6.45. The molecule has 0 spiro atoms. The van der Waals surface area contributed by atoms with Crippen molar-refractivity contribution in [3.8, 4) is 0 Å². The minimum absolute atomic E-state index is 0.204. The number of benzene rings is 2. The molecule has 0 heterocycles. The summed E-state index contributed by atoms with van der Waals surface area (Å²) in [5, 5.41) is 1.25. The van der Waals surface area contributed by atoms with E-state index in [0.717, 1.165) is 14.2 Å². The molecule has 162 valence electrons. The predicted octanol–water partition coefficient (Wildman–Crippen LogP) is 1.54. The number of allylic oxidation sites excluding steroid dienone is 2. The maximum Gasteiger partial charge on any atom is 0.339 e. The molecule has 11 heteroatoms. The van der Waals surface area contributed by atoms with Crippen LogP contribution >= 0.6 is 0 Å². The molecule has 0 amide bonds. The van der Waals surface area contributed by atoms with Crippen LogP contribution in [0.15, 0.2) is 58.5 Å². The fourth-order valence-electron chi connectivity index (χ4n) is 3.44. The molecule has 9 nitrogen and oxygen atoms in total. The summed E-state index contributed by atoms with van der Waals surface area (Å²) in [6.45, 7) is 0. The standard InChI is InChI=1S/C20H16O9S2/c1-28-19(21)17-15(31(25,26)27)10-14(30(23)24)16(18(17)20(22)29-2)13-9-5-7-11-6-3-4-8-12(11)13/h3-9H,10H2,1-2H3,(H,25,26,27). The Morgan fingerprint density at radius 2 is 1.52 bits per heavy atom. The van der Waals surface area contributed by atoms with E-state index in [1.807, 2.05) is 0 Å². The zero-order valence-electron chi connectivity index (χ0n) is 16.3. The molecule has 0 bridgehead atoms. The maximum atomic E-state index is 12.7. The van der Waals surface area contributed by atoms with Crippen LogP contribution in [0.1, 0.15) is 12.0 Å². The van der Waals surface area contributed by atoms with Gasteiger partial charge in [-0.15, -0.1) is 0 Å². The lowest BCUT2D eigenvalue weighted by atomic mass is 9.84. The molecule has 0 aliphatic heterocycles. The molecule has 0 unspecified atom stereocenters. The van der Waals surface area contributed by atoms with Gasteiger partial charge in [-0.1, -0.05) is 42.5 Å². The summed E-state index contributed by atoms with van der Waals surface area (Å²) in [4.78, 5) is 23.8. The van der Waals surface area contributed by atoms with Crippen LogP contribution in [0.3, 0.4) is 0 Å². The normalized spacial score (nSPS) is 14.6. The molecule has 0 fully saturated rings. The predicted molar refractivity (Wildman–Crippen MR) is 112 cm³/mol. The van der Waals surface area contributed by atoms with E-state index in [1.54, 1.807) is 36.4 Å². The quantitative estimate of drug-likeness (QED) is 0.405. The van der Waals surface area contributed by atoms with Crippen LogP contribution in [0, 0.1) is 0 Å². The van der Waals surface area contributed by atoms with Crippen LogP contribution in [0.2, 0.25) is 0 Å². The fourth-order valence-corrected chi connectivity index (χ4v) is 4.94. The number of esters is 2. The summed E-state index contributed by atoms with van der Waals surface area (Å²) in [5.74, 6) is -2.42. The lowest BCUT2D eigenvalue weighted by Gasteiger charge is -2.24. The van der Waals surface area contributed by atoms with Gasteiger partial charge in [0.1, 0.15) is 0 Å². The molecule has 31 heavy (non-hydrogen) atoms. The van der Waals surface area contributed by atoms with Gasteiger partial charge in [0.2, 0.25) is 10.3 Å². The molecule has 0 radical (unpaired) electrons. The van der Waals surface area contributed by atoms with Gasteiger partial charge in [-0.2, -0.15) is 16.8 Å². The van der Waals surface area contributed by atoms with E-state index in [4.69, 9.17) is 4.74 Å². The minimum Gasteiger partial charge on any atom is -0.465 e. The smallest absolute Gasteiger partial charge is 0.339 e. The van der Waals surface area contributed by atoms with Gasteiger partial charge in [0, 0.05) is 12.0 Å². The van der Waals surface area contributed by atoms with E-state index in [2.05, 4.69) is 4.74 Å². The van der Waals surface area contributed by atoms with Crippen molar-refractivity contribution in [2.45, 2.75) is 6.42 Å². The summed E-state index contributed by atoms with van der Waals surface area (Å²) in [6, 6.07) is 11.8. The highest BCUT2D eigenvalue weighted by Crippen LogP contribution is 2.39. The van der Waals surface area contributed by atoms with E-state index < -0.39 is 59.7 Å². The summed E-state index contributed by atoms with van der Waals surface area (Å²) in [6.07, 6.45) is -0.849. The number of carbonyl (C=O) groups is 2. The van der Waals surface area contributed by atoms with Gasteiger partial charge in [0.15, 0.2) is 0 Å². The first-order valence-electron chi connectivity index (χ1n) is 8.67. The number of ether oxygens (including phenoxy) is 2. The van der Waals surface area contributed by atoms with E-state index >= 15 is 0 Å². The molecular formula is C20H16O9S2. The van der Waals surface area contributed by atoms with Gasteiger partial charge in [-0.25, -0.2) is 9.59 Å². The zero-order valence-corrected chi connectivity index (χ0v) is 17.9. The van der Waals surface area contributed by atoms with Crippen LogP contribution in [0.25, 0.3) is 16.3 Å². The maximum absolute atomic E-state index is 12.7. The van der Waals surface area contributed by atoms with Crippen molar-refractivity contribution >= 4 is 53.6 Å². The largest absolute Gasteiger partial charge is 0.465 e. The van der Waals surface area contributed by atoms with Gasteiger partial charge in [0.25, 0.3) is 10.1 Å². The van der Waals surface area contributed by atoms with Crippen LogP contribution < -0.4 is 0 Å². The molecule has 1 aliphatic rings. The van der Waals surface area contributed by atoms with Gasteiger partial charge >= 0.3 is 11.9 Å². The van der Waals surface area contributed by atoms with Crippen molar-refractivity contribution in [2.24, 2.45) is 0 Å². The Morgan fingerprint density at radius 1 is 0.935 bits per heavy atom. The average Bonchev–Trinajstić information content (AvgIpc) is 2.75. The number of hydrogen-bond acceptors (Lipinski definition) is 8. The molecule has 0 saturated carbocycles. The summed E-state index contributed by atoms with van der Waals surface area (Å²) in [7, 11) is -6.15. The van der Waals surface area contributed by atoms with Gasteiger partial charge in [-0.05, 0) is 16.3 Å². The molecule has 2 aromatic rings. The molecule has 3 rings (SSSR count). The Morgan fingerprint density at radius 3 is 2.10 bits per heavy atom. The van der Waals surface area contributed by atoms with Gasteiger partial charge in [-0.3, -0.25) is 4.55 Å². The first-order valence-corrected chi connectivity index (χ1v) is 11.2. The van der Waals surface area contributed by atoms with Crippen molar-refractivity contribution in [3.63, 3.8) is 0 Å². The highest BCUT2D eigenvalue weighted by atomic mass is 32.2. The van der Waals surface area contributed by atoms with Crippen molar-refractivity contribution < 1.29 is 40.5 Å². The Hall–Kier alpha value is -3.28. The molecule has 0 atom stereocenters. The van der Waals surface area contributed by atoms with E-state index in [9.17, 15) is 31.0 Å². The number of hydrogen-bond donors (Lipinski definition) is 1. The van der Waals surface area contributed by atoms with Crippen molar-refractivity contribution in [2.75, 3.05) is 14.2 Å². The lowest BCUT2D eigenvalue weighted by Crippen LogP contribution is -2.28. The van der Waals surface area contributed by atoms with E-state index in [-0.39, 0.29) is 11.1 Å². The van der Waals surface area contributed by atoms with Crippen LogP contribution in [0.4, 0.5) is 0 Å². The monoisotopic (exact) mass is 464 g/mol. The zero-order chi connectivity index (χ0) is 22.9. The third kappa shape index (κ3) is 4.02. The van der Waals surface area contributed by atoms with Gasteiger partial charge in [0.05, 0.1) is 35.1 Å². The lowest BCUT2D eigenvalue weighted by molar-refractivity contribution is -0.139. The van der Waals surface area contributed by atoms with Crippen molar-refractivity contribution in [1.82, 2.24) is 0 Å². The molecule has 2 aromatic carbocycles. The number of methoxy groups -OCH3 is 2. The average molecular weight is 464 g/mol. The summed E-state index contributed by atoms with van der Waals surface area (Å²) < 4.78 is 67.3. The SMILES string of the molecule is COC(=O)C1=C(c2cccc3ccccc23)C(=S(=O)=O)CC(S(=O)(=O)O)=C1C(=O)OC. The second kappa shape index (κ2) is 8.46. The third-order valence-electron chi connectivity index (χ3n) is 4.73. The molecular weight excluding hydrogens is 448 g/mol. The fraction of sp³-hybridized carbons (Fsp3) is 0.150. The number of fused-ring (bicyclic) bond motifs is 1. The topological polar surface area (TPSA) is 141 Å². The Kier molecular flexibility index (Phi) is 6.11. The van der Waals surface area contributed by atoms with E-state index in [0.29, 0.717) is 10.8 Å². The van der Waals surface area contributed by atoms with Crippen molar-refractivity contribution in [3.05, 3.63) is 64.1 Å². The van der Waals surface area contributed by atoms with Crippen LogP contribution in [-0.4, -0.2) is 52.4 Å². The Labute approximate surface area is 178 Å². The summed E-state index contributed by atoms with van der Waals surface area (Å²) >= 11 is 0. The summed E-state index contributed by atoms with van der Waals surface area (Å²) in [5.41, 5.74) is -1.36. The molecule has 1 N–H and O–H groups in total. The molecule has 1 aliphatic carbocycles. The second-order valence-corrected chi connectivity index (χ2v) is 8.77. The molecule has 0 aromatic heterocycles. The number of carbonyl (C=O) groups excluding carboxylic acids is 2. The minimum atomic E-state index is -5.08. The first-order chi connectivity index (χ1) is 14.6. The van der Waals surface area contributed by atoms with E-state index in [1.165, 1.54) is 6.07 Å². The van der Waals surface area contributed by atoms with Crippen molar-refractivity contribution in [1.29, 1.82) is 0 Å². The highest BCUT2D eigenvalue weighted by Gasteiger charge is 2.40. The molecule has 0 saturated heterocycles. The van der Waals surface area contributed by atoms with Gasteiger partial charge < -0.3 is 9.47 Å². The highest BCUT2D eigenvalue weighted by molar-refractivity contribution is 7.90.